The van der Waals surface area contributed by atoms with Crippen LogP contribution in [-0.4, -0.2) is 41.5 Å². The lowest BCUT2D eigenvalue weighted by molar-refractivity contribution is -0.121. The Morgan fingerprint density at radius 1 is 1.17 bits per heavy atom. The summed E-state index contributed by atoms with van der Waals surface area (Å²) in [6.45, 7) is 2.70. The van der Waals surface area contributed by atoms with Gasteiger partial charge in [0.1, 0.15) is 5.82 Å². The molecule has 1 N–H and O–H groups in total. The molecule has 2 fully saturated rings. The van der Waals surface area contributed by atoms with Crippen LogP contribution in [0, 0.1) is 23.2 Å². The third-order valence-corrected chi connectivity index (χ3v) is 7.97. The first-order valence-corrected chi connectivity index (χ1v) is 11.7. The van der Waals surface area contributed by atoms with E-state index in [9.17, 15) is 13.2 Å². The van der Waals surface area contributed by atoms with Crippen molar-refractivity contribution in [3.05, 3.63) is 42.1 Å². The molecule has 1 aromatic carbocycles. The molecule has 0 radical (unpaired) electrons. The number of nitriles is 1. The Labute approximate surface area is 176 Å². The number of anilines is 1. The second kappa shape index (κ2) is 8.20. The van der Waals surface area contributed by atoms with Gasteiger partial charge in [-0.05, 0) is 62.8 Å². The first-order chi connectivity index (χ1) is 14.4. The predicted molar refractivity (Wildman–Crippen MR) is 111 cm³/mol. The standard InChI is InChI=1S/C21H25N5O3S/c1-15(17-4-5-17)26-20(8-11-23-26)24-21(27)18-9-12-25(13-10-18)30(28,29)19-6-2-16(14-22)3-7-19/h2-3,6-8,11,15,17-18H,4-5,9-10,12-13H2,1H3,(H,24,27). The van der Waals surface area contributed by atoms with Gasteiger partial charge in [-0.15, -0.1) is 0 Å². The molecule has 0 spiro atoms. The lowest BCUT2D eigenvalue weighted by Gasteiger charge is -2.30. The molecule has 2 aliphatic rings. The number of carbonyl (C=O) groups excluding carboxylic acids is 1. The summed E-state index contributed by atoms with van der Waals surface area (Å²) in [6, 6.07) is 9.95. The number of piperidine rings is 1. The van der Waals surface area contributed by atoms with Gasteiger partial charge in [-0.25, -0.2) is 13.1 Å². The number of nitrogens with zero attached hydrogens (tertiary/aromatic N) is 4. The maximum atomic E-state index is 12.8. The van der Waals surface area contributed by atoms with Crippen LogP contribution in [0.3, 0.4) is 0 Å². The van der Waals surface area contributed by atoms with Crippen molar-refractivity contribution in [2.24, 2.45) is 11.8 Å². The number of nitrogens with one attached hydrogen (secondary N) is 1. The Hall–Kier alpha value is -2.70. The third-order valence-electron chi connectivity index (χ3n) is 6.06. The third kappa shape index (κ3) is 4.11. The van der Waals surface area contributed by atoms with Crippen molar-refractivity contribution in [3.8, 4) is 6.07 Å². The maximum absolute atomic E-state index is 12.8. The Bertz CT molecular complexity index is 1060. The molecule has 1 saturated heterocycles. The van der Waals surface area contributed by atoms with Gasteiger partial charge in [0.15, 0.2) is 0 Å². The summed E-state index contributed by atoms with van der Waals surface area (Å²) in [6.07, 6.45) is 5.02. The molecule has 8 nitrogen and oxygen atoms in total. The van der Waals surface area contributed by atoms with Crippen molar-refractivity contribution in [2.45, 2.75) is 43.5 Å². The fourth-order valence-electron chi connectivity index (χ4n) is 3.95. The minimum absolute atomic E-state index is 0.0878. The van der Waals surface area contributed by atoms with E-state index in [1.165, 1.54) is 41.4 Å². The van der Waals surface area contributed by atoms with Crippen molar-refractivity contribution in [1.29, 1.82) is 5.26 Å². The Morgan fingerprint density at radius 2 is 1.83 bits per heavy atom. The van der Waals surface area contributed by atoms with Gasteiger partial charge in [0, 0.05) is 25.1 Å². The highest BCUT2D eigenvalue weighted by Crippen LogP contribution is 2.40. The first kappa shape index (κ1) is 20.6. The van der Waals surface area contributed by atoms with Crippen molar-refractivity contribution < 1.29 is 13.2 Å². The minimum atomic E-state index is -3.63. The van der Waals surface area contributed by atoms with Crippen LogP contribution in [0.25, 0.3) is 0 Å². The van der Waals surface area contributed by atoms with Gasteiger partial charge in [-0.2, -0.15) is 14.7 Å². The summed E-state index contributed by atoms with van der Waals surface area (Å²) in [5.74, 6) is 0.996. The Kier molecular flexibility index (Phi) is 5.62. The van der Waals surface area contributed by atoms with Crippen molar-refractivity contribution in [3.63, 3.8) is 0 Å². The molecule has 1 unspecified atom stereocenters. The predicted octanol–water partition coefficient (Wildman–Crippen LogP) is 2.77. The zero-order chi connectivity index (χ0) is 21.3. The zero-order valence-electron chi connectivity index (χ0n) is 16.9. The first-order valence-electron chi connectivity index (χ1n) is 10.2. The number of benzene rings is 1. The zero-order valence-corrected chi connectivity index (χ0v) is 17.7. The number of sulfonamides is 1. The van der Waals surface area contributed by atoms with Gasteiger partial charge < -0.3 is 5.32 Å². The molecule has 1 aromatic heterocycles. The minimum Gasteiger partial charge on any atom is -0.311 e. The highest BCUT2D eigenvalue weighted by Gasteiger charge is 2.34. The van der Waals surface area contributed by atoms with E-state index in [1.807, 2.05) is 10.8 Å². The van der Waals surface area contributed by atoms with Gasteiger partial charge in [0.2, 0.25) is 15.9 Å². The van der Waals surface area contributed by atoms with E-state index in [1.54, 1.807) is 12.3 Å². The van der Waals surface area contributed by atoms with Crippen LogP contribution in [-0.2, 0) is 14.8 Å². The second-order valence-corrected chi connectivity index (χ2v) is 9.98. The van der Waals surface area contributed by atoms with E-state index in [-0.39, 0.29) is 35.9 Å². The van der Waals surface area contributed by atoms with E-state index in [0.29, 0.717) is 30.1 Å². The molecule has 1 amide bonds. The topological polar surface area (TPSA) is 108 Å². The number of hydrogen-bond acceptors (Lipinski definition) is 5. The van der Waals surface area contributed by atoms with Crippen molar-refractivity contribution in [2.75, 3.05) is 18.4 Å². The second-order valence-electron chi connectivity index (χ2n) is 8.04. The maximum Gasteiger partial charge on any atom is 0.243 e. The number of rotatable bonds is 6. The van der Waals surface area contributed by atoms with Gasteiger partial charge in [-0.3, -0.25) is 4.79 Å². The summed E-state index contributed by atoms with van der Waals surface area (Å²) in [4.78, 5) is 12.9. The number of aromatic nitrogens is 2. The Morgan fingerprint density at radius 3 is 2.43 bits per heavy atom. The van der Waals surface area contributed by atoms with E-state index in [2.05, 4.69) is 17.3 Å². The van der Waals surface area contributed by atoms with Gasteiger partial charge >= 0.3 is 0 Å². The molecule has 4 rings (SSSR count). The molecule has 9 heteroatoms. The van der Waals surface area contributed by atoms with Crippen molar-refractivity contribution in [1.82, 2.24) is 14.1 Å². The van der Waals surface area contributed by atoms with Gasteiger partial charge in [0.05, 0.1) is 28.8 Å². The summed E-state index contributed by atoms with van der Waals surface area (Å²) in [7, 11) is -3.63. The monoisotopic (exact) mass is 427 g/mol. The molecule has 2 aromatic rings. The van der Waals surface area contributed by atoms with E-state index in [4.69, 9.17) is 5.26 Å². The van der Waals surface area contributed by atoms with Crippen LogP contribution in [0.2, 0.25) is 0 Å². The summed E-state index contributed by atoms with van der Waals surface area (Å²) < 4.78 is 29.0. The molecular weight excluding hydrogens is 402 g/mol. The summed E-state index contributed by atoms with van der Waals surface area (Å²) in [5, 5.41) is 16.2. The molecule has 1 aliphatic carbocycles. The molecule has 2 heterocycles. The summed E-state index contributed by atoms with van der Waals surface area (Å²) in [5.41, 5.74) is 0.416. The lowest BCUT2D eigenvalue weighted by atomic mass is 9.97. The van der Waals surface area contributed by atoms with Gasteiger partial charge in [-0.1, -0.05) is 0 Å². The average Bonchev–Trinajstić information content (AvgIpc) is 3.52. The van der Waals surface area contributed by atoms with Crippen LogP contribution in [0.1, 0.15) is 44.2 Å². The highest BCUT2D eigenvalue weighted by molar-refractivity contribution is 7.89. The molecule has 1 aliphatic heterocycles. The van der Waals surface area contributed by atoms with E-state index >= 15 is 0 Å². The van der Waals surface area contributed by atoms with Crippen LogP contribution in [0.5, 0.6) is 0 Å². The normalized spacial score (nSPS) is 19.2. The average molecular weight is 428 g/mol. The number of amides is 1. The molecular formula is C21H25N5O3S. The highest BCUT2D eigenvalue weighted by atomic mass is 32.2. The smallest absolute Gasteiger partial charge is 0.243 e. The van der Waals surface area contributed by atoms with E-state index in [0.717, 1.165) is 0 Å². The number of carbonyl (C=O) groups is 1. The van der Waals surface area contributed by atoms with Crippen LogP contribution >= 0.6 is 0 Å². The molecule has 158 valence electrons. The molecule has 1 atom stereocenters. The fraction of sp³-hybridized carbons (Fsp3) is 0.476. The van der Waals surface area contributed by atoms with Crippen LogP contribution < -0.4 is 5.32 Å². The SMILES string of the molecule is CC(C1CC1)n1nccc1NC(=O)C1CCN(S(=O)(=O)c2ccc(C#N)cc2)CC1. The van der Waals surface area contributed by atoms with Gasteiger partial charge in [0.25, 0.3) is 0 Å². The number of hydrogen-bond donors (Lipinski definition) is 1. The van der Waals surface area contributed by atoms with E-state index < -0.39 is 10.0 Å². The molecule has 0 bridgehead atoms. The van der Waals surface area contributed by atoms with Crippen LogP contribution in [0.15, 0.2) is 41.4 Å². The van der Waals surface area contributed by atoms with Crippen LogP contribution in [0.4, 0.5) is 5.82 Å². The quantitative estimate of drug-likeness (QED) is 0.763. The Balaban J connectivity index is 1.37. The summed E-state index contributed by atoms with van der Waals surface area (Å²) >= 11 is 0. The lowest BCUT2D eigenvalue weighted by Crippen LogP contribution is -2.41. The largest absolute Gasteiger partial charge is 0.311 e. The fourth-order valence-corrected chi connectivity index (χ4v) is 5.42. The molecule has 30 heavy (non-hydrogen) atoms. The van der Waals surface area contributed by atoms with Crippen molar-refractivity contribution >= 4 is 21.7 Å². The molecule has 1 saturated carbocycles.